The Morgan fingerprint density at radius 1 is 1.47 bits per heavy atom. The number of carbonyl (C=O) groups is 1. The number of ether oxygens (including phenoxy) is 1. The van der Waals surface area contributed by atoms with Crippen LogP contribution in [0.15, 0.2) is 11.8 Å². The second-order valence-corrected chi connectivity index (χ2v) is 4.31. The SMILES string of the molecule is CCOC(=CCCCS(=O)(=O)O)C(=O)O. The molecule has 88 valence electrons. The van der Waals surface area contributed by atoms with Gasteiger partial charge in [0.1, 0.15) is 0 Å². The molecule has 0 aromatic carbocycles. The van der Waals surface area contributed by atoms with E-state index in [4.69, 9.17) is 14.4 Å². The Hall–Kier alpha value is -1.08. The molecular formula is C8H14O6S. The van der Waals surface area contributed by atoms with E-state index in [1.807, 2.05) is 0 Å². The molecule has 0 atom stereocenters. The highest BCUT2D eigenvalue weighted by Gasteiger charge is 2.08. The van der Waals surface area contributed by atoms with Gasteiger partial charge in [0.25, 0.3) is 10.1 Å². The van der Waals surface area contributed by atoms with Crippen LogP contribution in [-0.4, -0.2) is 36.4 Å². The Balaban J connectivity index is 4.07. The molecule has 0 rings (SSSR count). The molecule has 2 N–H and O–H groups in total. The van der Waals surface area contributed by atoms with Crippen molar-refractivity contribution >= 4 is 16.1 Å². The number of hydrogen-bond acceptors (Lipinski definition) is 4. The van der Waals surface area contributed by atoms with Gasteiger partial charge in [0.15, 0.2) is 5.76 Å². The summed E-state index contributed by atoms with van der Waals surface area (Å²) in [6.45, 7) is 1.88. The summed E-state index contributed by atoms with van der Waals surface area (Å²) in [5, 5.41) is 8.60. The Labute approximate surface area is 88.3 Å². The molecule has 0 amide bonds. The minimum atomic E-state index is -3.97. The first-order valence-corrected chi connectivity index (χ1v) is 5.99. The molecule has 7 heteroatoms. The van der Waals surface area contributed by atoms with Crippen LogP contribution in [0.3, 0.4) is 0 Å². The van der Waals surface area contributed by atoms with Crippen molar-refractivity contribution in [3.8, 4) is 0 Å². The van der Waals surface area contributed by atoms with E-state index in [0.29, 0.717) is 0 Å². The van der Waals surface area contributed by atoms with Crippen molar-refractivity contribution < 1.29 is 27.6 Å². The lowest BCUT2D eigenvalue weighted by Crippen LogP contribution is -2.06. The van der Waals surface area contributed by atoms with Crippen molar-refractivity contribution in [3.63, 3.8) is 0 Å². The molecule has 0 saturated heterocycles. The van der Waals surface area contributed by atoms with E-state index in [9.17, 15) is 13.2 Å². The van der Waals surface area contributed by atoms with Crippen molar-refractivity contribution in [2.24, 2.45) is 0 Å². The molecule has 6 nitrogen and oxygen atoms in total. The van der Waals surface area contributed by atoms with Crippen LogP contribution in [0, 0.1) is 0 Å². The van der Waals surface area contributed by atoms with Crippen LogP contribution in [0.1, 0.15) is 19.8 Å². The maximum atomic E-state index is 10.5. The van der Waals surface area contributed by atoms with E-state index in [1.54, 1.807) is 6.92 Å². The summed E-state index contributed by atoms with van der Waals surface area (Å²) in [6.07, 6.45) is 1.67. The zero-order valence-electron chi connectivity index (χ0n) is 8.34. The Bertz CT molecular complexity index is 329. The highest BCUT2D eigenvalue weighted by Crippen LogP contribution is 2.03. The molecule has 0 aliphatic heterocycles. The molecule has 0 fully saturated rings. The topological polar surface area (TPSA) is 101 Å². The maximum absolute atomic E-state index is 10.5. The number of rotatable bonds is 7. The first-order valence-electron chi connectivity index (χ1n) is 4.38. The normalized spacial score (nSPS) is 12.5. The molecular weight excluding hydrogens is 224 g/mol. The van der Waals surface area contributed by atoms with Gasteiger partial charge in [-0.1, -0.05) is 0 Å². The Morgan fingerprint density at radius 2 is 2.07 bits per heavy atom. The molecule has 0 saturated carbocycles. The molecule has 0 aliphatic rings. The van der Waals surface area contributed by atoms with Crippen molar-refractivity contribution in [1.82, 2.24) is 0 Å². The number of allylic oxidation sites excluding steroid dienone is 1. The van der Waals surface area contributed by atoms with E-state index >= 15 is 0 Å². The van der Waals surface area contributed by atoms with Crippen LogP contribution in [-0.2, 0) is 19.6 Å². The largest absolute Gasteiger partial charge is 0.487 e. The van der Waals surface area contributed by atoms with Crippen LogP contribution in [0.5, 0.6) is 0 Å². The van der Waals surface area contributed by atoms with Gasteiger partial charge in [-0.15, -0.1) is 0 Å². The van der Waals surface area contributed by atoms with Crippen LogP contribution < -0.4 is 0 Å². The summed E-state index contributed by atoms with van der Waals surface area (Å²) in [7, 11) is -3.97. The van der Waals surface area contributed by atoms with Crippen molar-refractivity contribution in [2.45, 2.75) is 19.8 Å². The van der Waals surface area contributed by atoms with Crippen LogP contribution in [0.2, 0.25) is 0 Å². The van der Waals surface area contributed by atoms with Gasteiger partial charge in [0, 0.05) is 0 Å². The summed E-state index contributed by atoms with van der Waals surface area (Å²) in [4.78, 5) is 10.5. The molecule has 0 aliphatic carbocycles. The van der Waals surface area contributed by atoms with Gasteiger partial charge in [0.05, 0.1) is 12.4 Å². The molecule has 0 aromatic rings. The van der Waals surface area contributed by atoms with Gasteiger partial charge < -0.3 is 9.84 Å². The van der Waals surface area contributed by atoms with Crippen molar-refractivity contribution in [3.05, 3.63) is 11.8 Å². The summed E-state index contributed by atoms with van der Waals surface area (Å²) in [6, 6.07) is 0. The second kappa shape index (κ2) is 6.41. The number of unbranched alkanes of at least 4 members (excludes halogenated alkanes) is 1. The highest BCUT2D eigenvalue weighted by atomic mass is 32.2. The van der Waals surface area contributed by atoms with Crippen LogP contribution in [0.25, 0.3) is 0 Å². The lowest BCUT2D eigenvalue weighted by molar-refractivity contribution is -0.136. The van der Waals surface area contributed by atoms with E-state index in [1.165, 1.54) is 6.08 Å². The van der Waals surface area contributed by atoms with Crippen molar-refractivity contribution in [2.75, 3.05) is 12.4 Å². The fraction of sp³-hybridized carbons (Fsp3) is 0.625. The second-order valence-electron chi connectivity index (χ2n) is 2.73. The predicted molar refractivity (Wildman–Crippen MR) is 53.0 cm³/mol. The molecule has 0 heterocycles. The monoisotopic (exact) mass is 238 g/mol. The summed E-state index contributed by atoms with van der Waals surface area (Å²) in [5.74, 6) is -1.78. The molecule has 0 unspecified atom stereocenters. The van der Waals surface area contributed by atoms with Gasteiger partial charge in [-0.05, 0) is 25.8 Å². The minimum absolute atomic E-state index is 0.155. The Morgan fingerprint density at radius 3 is 2.47 bits per heavy atom. The zero-order valence-corrected chi connectivity index (χ0v) is 9.16. The van der Waals surface area contributed by atoms with Gasteiger partial charge in [-0.3, -0.25) is 4.55 Å². The summed E-state index contributed by atoms with van der Waals surface area (Å²) >= 11 is 0. The van der Waals surface area contributed by atoms with E-state index < -0.39 is 16.1 Å². The van der Waals surface area contributed by atoms with E-state index in [-0.39, 0.29) is 31.0 Å². The summed E-state index contributed by atoms with van der Waals surface area (Å²) in [5.41, 5.74) is 0. The lowest BCUT2D eigenvalue weighted by atomic mass is 10.3. The first-order chi connectivity index (χ1) is 6.87. The minimum Gasteiger partial charge on any atom is -0.487 e. The third kappa shape index (κ3) is 7.95. The number of carboxylic acids is 1. The standard InChI is InChI=1S/C8H14O6S/c1-2-14-7(8(9)10)5-3-4-6-15(11,12)13/h5H,2-4,6H2,1H3,(H,9,10)(H,11,12,13). The quantitative estimate of drug-likeness (QED) is 0.292. The van der Waals surface area contributed by atoms with Gasteiger partial charge >= 0.3 is 5.97 Å². The Kier molecular flexibility index (Phi) is 5.95. The molecule has 15 heavy (non-hydrogen) atoms. The first kappa shape index (κ1) is 13.9. The average Bonchev–Trinajstić information content (AvgIpc) is 2.08. The fourth-order valence-electron chi connectivity index (χ4n) is 0.862. The van der Waals surface area contributed by atoms with Crippen LogP contribution >= 0.6 is 0 Å². The highest BCUT2D eigenvalue weighted by molar-refractivity contribution is 7.85. The average molecular weight is 238 g/mol. The number of hydrogen-bond donors (Lipinski definition) is 2. The van der Waals surface area contributed by atoms with Gasteiger partial charge in [0.2, 0.25) is 0 Å². The third-order valence-electron chi connectivity index (χ3n) is 1.45. The maximum Gasteiger partial charge on any atom is 0.370 e. The zero-order chi connectivity index (χ0) is 11.9. The predicted octanol–water partition coefficient (Wildman–Crippen LogP) is 0.659. The van der Waals surface area contributed by atoms with E-state index in [0.717, 1.165) is 0 Å². The van der Waals surface area contributed by atoms with Gasteiger partial charge in [-0.2, -0.15) is 8.42 Å². The number of carboxylic acid groups (broad SMARTS) is 1. The smallest absolute Gasteiger partial charge is 0.370 e. The molecule has 0 aromatic heterocycles. The van der Waals surface area contributed by atoms with Gasteiger partial charge in [-0.25, -0.2) is 4.79 Å². The third-order valence-corrected chi connectivity index (χ3v) is 2.25. The fourth-order valence-corrected chi connectivity index (χ4v) is 1.39. The van der Waals surface area contributed by atoms with Crippen molar-refractivity contribution in [1.29, 1.82) is 0 Å². The van der Waals surface area contributed by atoms with Crippen LogP contribution in [0.4, 0.5) is 0 Å². The number of aliphatic carboxylic acids is 1. The molecule has 0 spiro atoms. The van der Waals surface area contributed by atoms with E-state index in [2.05, 4.69) is 0 Å². The lowest BCUT2D eigenvalue weighted by Gasteiger charge is -2.02. The molecule has 0 radical (unpaired) electrons. The summed E-state index contributed by atoms with van der Waals surface area (Å²) < 4.78 is 33.8. The molecule has 0 bridgehead atoms.